The monoisotopic (exact) mass is 306 g/mol. The van der Waals surface area contributed by atoms with Crippen LogP contribution in [0.3, 0.4) is 0 Å². The van der Waals surface area contributed by atoms with E-state index >= 15 is 0 Å². The molecule has 0 aromatic carbocycles. The van der Waals surface area contributed by atoms with Gasteiger partial charge in [-0.2, -0.15) is 5.10 Å². The van der Waals surface area contributed by atoms with Gasteiger partial charge in [0.25, 0.3) is 0 Å². The van der Waals surface area contributed by atoms with Gasteiger partial charge in [-0.25, -0.2) is 0 Å². The summed E-state index contributed by atoms with van der Waals surface area (Å²) in [7, 11) is 3.69. The fourth-order valence-corrected chi connectivity index (χ4v) is 2.69. The second kappa shape index (κ2) is 7.82. The first-order valence-electron chi connectivity index (χ1n) is 7.84. The van der Waals surface area contributed by atoms with Crippen molar-refractivity contribution in [3.8, 4) is 0 Å². The highest BCUT2D eigenvalue weighted by Crippen LogP contribution is 2.26. The molecule has 1 atom stereocenters. The normalized spacial score (nSPS) is 18.6. The van der Waals surface area contributed by atoms with Crippen LogP contribution in [0.25, 0.3) is 0 Å². The molecule has 0 radical (unpaired) electrons. The topological polar surface area (TPSA) is 74.6 Å². The SMILES string of the molecule is CCCNC(=O)CNC(=NC)N1CCC(c2cnn(C)c2)C1. The average molecular weight is 306 g/mol. The van der Waals surface area contributed by atoms with Gasteiger partial charge in [0.1, 0.15) is 0 Å². The Hall–Kier alpha value is -2.05. The number of rotatable bonds is 5. The van der Waals surface area contributed by atoms with E-state index in [2.05, 4.69) is 31.8 Å². The lowest BCUT2D eigenvalue weighted by Crippen LogP contribution is -2.44. The van der Waals surface area contributed by atoms with Crippen molar-refractivity contribution in [2.24, 2.45) is 12.0 Å². The lowest BCUT2D eigenvalue weighted by Gasteiger charge is -2.21. The number of carbonyl (C=O) groups is 1. The molecule has 0 saturated carbocycles. The molecule has 7 nitrogen and oxygen atoms in total. The van der Waals surface area contributed by atoms with E-state index in [-0.39, 0.29) is 12.5 Å². The van der Waals surface area contributed by atoms with Gasteiger partial charge in [0.05, 0.1) is 12.7 Å². The van der Waals surface area contributed by atoms with Gasteiger partial charge < -0.3 is 15.5 Å². The second-order valence-corrected chi connectivity index (χ2v) is 5.63. The third kappa shape index (κ3) is 4.22. The van der Waals surface area contributed by atoms with Crippen LogP contribution in [-0.4, -0.2) is 59.8 Å². The Bertz CT molecular complexity index is 524. The van der Waals surface area contributed by atoms with Crippen molar-refractivity contribution in [3.05, 3.63) is 18.0 Å². The molecule has 1 amide bonds. The first kappa shape index (κ1) is 16.3. The van der Waals surface area contributed by atoms with Gasteiger partial charge in [0, 0.05) is 45.8 Å². The molecule has 0 spiro atoms. The van der Waals surface area contributed by atoms with Crippen LogP contribution in [0.15, 0.2) is 17.4 Å². The van der Waals surface area contributed by atoms with E-state index < -0.39 is 0 Å². The van der Waals surface area contributed by atoms with Crippen LogP contribution in [0, 0.1) is 0 Å². The molecule has 1 fully saturated rings. The number of nitrogens with zero attached hydrogens (tertiary/aromatic N) is 4. The summed E-state index contributed by atoms with van der Waals surface area (Å²) in [4.78, 5) is 18.2. The van der Waals surface area contributed by atoms with Crippen molar-refractivity contribution in [2.75, 3.05) is 33.2 Å². The first-order chi connectivity index (χ1) is 10.6. The Labute approximate surface area is 131 Å². The van der Waals surface area contributed by atoms with Crippen LogP contribution in [0.5, 0.6) is 0 Å². The lowest BCUT2D eigenvalue weighted by atomic mass is 10.0. The van der Waals surface area contributed by atoms with Crippen LogP contribution in [0.4, 0.5) is 0 Å². The summed E-state index contributed by atoms with van der Waals surface area (Å²) in [5.74, 6) is 1.27. The van der Waals surface area contributed by atoms with Gasteiger partial charge in [-0.1, -0.05) is 6.92 Å². The average Bonchev–Trinajstić information content (AvgIpc) is 3.15. The van der Waals surface area contributed by atoms with Gasteiger partial charge in [-0.05, 0) is 18.4 Å². The van der Waals surface area contributed by atoms with Crippen molar-refractivity contribution in [3.63, 3.8) is 0 Å². The molecule has 1 aromatic rings. The molecule has 7 heteroatoms. The molecule has 1 aliphatic heterocycles. The van der Waals surface area contributed by atoms with Crippen LogP contribution in [0.2, 0.25) is 0 Å². The zero-order valence-corrected chi connectivity index (χ0v) is 13.7. The minimum absolute atomic E-state index is 0.00556. The van der Waals surface area contributed by atoms with E-state index in [9.17, 15) is 4.79 Å². The van der Waals surface area contributed by atoms with E-state index in [4.69, 9.17) is 0 Å². The molecular formula is C15H26N6O. The molecule has 122 valence electrons. The number of carbonyl (C=O) groups excluding carboxylic acids is 1. The summed E-state index contributed by atoms with van der Waals surface area (Å²) < 4.78 is 1.84. The highest BCUT2D eigenvalue weighted by atomic mass is 16.1. The number of likely N-dealkylation sites (tertiary alicyclic amines) is 1. The first-order valence-corrected chi connectivity index (χ1v) is 7.84. The van der Waals surface area contributed by atoms with E-state index in [1.807, 2.05) is 24.9 Å². The summed E-state index contributed by atoms with van der Waals surface area (Å²) >= 11 is 0. The summed E-state index contributed by atoms with van der Waals surface area (Å²) in [5, 5.41) is 10.2. The Balaban J connectivity index is 1.84. The standard InChI is InChI=1S/C15H26N6O/c1-4-6-17-14(22)9-18-15(16-2)21-7-5-12(11-21)13-8-19-20(3)10-13/h8,10,12H,4-7,9,11H2,1-3H3,(H,16,18)(H,17,22). The molecule has 1 saturated heterocycles. The van der Waals surface area contributed by atoms with Crippen LogP contribution >= 0.6 is 0 Å². The number of nitrogens with one attached hydrogen (secondary N) is 2. The van der Waals surface area contributed by atoms with Crippen molar-refractivity contribution in [1.82, 2.24) is 25.3 Å². The molecule has 2 heterocycles. The summed E-state index contributed by atoms with van der Waals surface area (Å²) in [5.41, 5.74) is 1.26. The zero-order valence-electron chi connectivity index (χ0n) is 13.7. The molecule has 1 aromatic heterocycles. The zero-order chi connectivity index (χ0) is 15.9. The van der Waals surface area contributed by atoms with E-state index in [1.165, 1.54) is 5.56 Å². The number of hydrogen-bond donors (Lipinski definition) is 2. The van der Waals surface area contributed by atoms with Crippen molar-refractivity contribution in [1.29, 1.82) is 0 Å². The maximum Gasteiger partial charge on any atom is 0.239 e. The number of aryl methyl sites for hydroxylation is 1. The summed E-state index contributed by atoms with van der Waals surface area (Å²) in [6.07, 6.45) is 6.03. The minimum atomic E-state index is 0.00556. The second-order valence-electron chi connectivity index (χ2n) is 5.63. The van der Waals surface area contributed by atoms with E-state index in [0.717, 1.165) is 31.9 Å². The number of amides is 1. The van der Waals surface area contributed by atoms with Crippen LogP contribution in [0.1, 0.15) is 31.2 Å². The minimum Gasteiger partial charge on any atom is -0.355 e. The molecule has 22 heavy (non-hydrogen) atoms. The lowest BCUT2D eigenvalue weighted by molar-refractivity contribution is -0.120. The van der Waals surface area contributed by atoms with Gasteiger partial charge >= 0.3 is 0 Å². The van der Waals surface area contributed by atoms with Gasteiger partial charge in [0.2, 0.25) is 5.91 Å². The Morgan fingerprint density at radius 1 is 1.50 bits per heavy atom. The number of aliphatic imine (C=N–C) groups is 1. The maximum atomic E-state index is 11.7. The number of aromatic nitrogens is 2. The fourth-order valence-electron chi connectivity index (χ4n) is 2.69. The third-order valence-corrected chi connectivity index (χ3v) is 3.88. The molecule has 2 N–H and O–H groups in total. The van der Waals surface area contributed by atoms with Gasteiger partial charge in [-0.15, -0.1) is 0 Å². The molecule has 0 bridgehead atoms. The predicted molar refractivity (Wildman–Crippen MR) is 86.8 cm³/mol. The van der Waals surface area contributed by atoms with Crippen LogP contribution < -0.4 is 10.6 Å². The Morgan fingerprint density at radius 3 is 2.95 bits per heavy atom. The van der Waals surface area contributed by atoms with E-state index in [0.29, 0.717) is 12.5 Å². The number of hydrogen-bond acceptors (Lipinski definition) is 3. The van der Waals surface area contributed by atoms with E-state index in [1.54, 1.807) is 7.05 Å². The Kier molecular flexibility index (Phi) is 5.80. The Morgan fingerprint density at radius 2 is 2.32 bits per heavy atom. The van der Waals surface area contributed by atoms with Crippen LogP contribution in [-0.2, 0) is 11.8 Å². The molecule has 0 aliphatic carbocycles. The maximum absolute atomic E-state index is 11.7. The molecule has 1 unspecified atom stereocenters. The van der Waals surface area contributed by atoms with Crippen molar-refractivity contribution < 1.29 is 4.79 Å². The van der Waals surface area contributed by atoms with Gasteiger partial charge in [0.15, 0.2) is 5.96 Å². The highest BCUT2D eigenvalue weighted by molar-refractivity contribution is 5.86. The third-order valence-electron chi connectivity index (χ3n) is 3.88. The highest BCUT2D eigenvalue weighted by Gasteiger charge is 2.26. The fraction of sp³-hybridized carbons (Fsp3) is 0.667. The van der Waals surface area contributed by atoms with Crippen molar-refractivity contribution in [2.45, 2.75) is 25.7 Å². The van der Waals surface area contributed by atoms with Gasteiger partial charge in [-0.3, -0.25) is 14.5 Å². The summed E-state index contributed by atoms with van der Waals surface area (Å²) in [6.45, 7) is 4.86. The predicted octanol–water partition coefficient (Wildman–Crippen LogP) is 0.311. The molecule has 2 rings (SSSR count). The van der Waals surface area contributed by atoms with Crippen molar-refractivity contribution >= 4 is 11.9 Å². The molecular weight excluding hydrogens is 280 g/mol. The quantitative estimate of drug-likeness (QED) is 0.606. The summed E-state index contributed by atoms with van der Waals surface area (Å²) in [6, 6.07) is 0. The largest absolute Gasteiger partial charge is 0.355 e. The molecule has 1 aliphatic rings. The number of guanidine groups is 1. The smallest absolute Gasteiger partial charge is 0.239 e.